The molecule has 2 atom stereocenters. The molecule has 0 radical (unpaired) electrons. The molecule has 0 saturated carbocycles. The van der Waals surface area contributed by atoms with Gasteiger partial charge in [0.1, 0.15) is 0 Å². The van der Waals surface area contributed by atoms with Gasteiger partial charge in [-0.3, -0.25) is 9.59 Å². The minimum absolute atomic E-state index is 0.0111. The number of rotatable bonds is 4. The van der Waals surface area contributed by atoms with Crippen LogP contribution in [0, 0.1) is 5.92 Å². The normalized spacial score (nSPS) is 20.5. The number of carbonyl (C=O) groups is 2. The van der Waals surface area contributed by atoms with Crippen LogP contribution in [0.15, 0.2) is 48.5 Å². The predicted molar refractivity (Wildman–Crippen MR) is 98.3 cm³/mol. The summed E-state index contributed by atoms with van der Waals surface area (Å²) in [5, 5.41) is 0. The van der Waals surface area contributed by atoms with Gasteiger partial charge in [-0.2, -0.15) is 0 Å². The Labute approximate surface area is 152 Å². The van der Waals surface area contributed by atoms with Crippen LogP contribution >= 0.6 is 0 Å². The zero-order valence-electron chi connectivity index (χ0n) is 14.8. The van der Waals surface area contributed by atoms with E-state index in [1.807, 2.05) is 24.3 Å². The molecule has 0 saturated heterocycles. The number of hydrogen-bond donors (Lipinski definition) is 0. The Morgan fingerprint density at radius 3 is 2.54 bits per heavy atom. The Morgan fingerprint density at radius 1 is 1.04 bits per heavy atom. The maximum Gasteiger partial charge on any atom is 0.310 e. The summed E-state index contributed by atoms with van der Waals surface area (Å²) in [4.78, 5) is 24.9. The van der Waals surface area contributed by atoms with E-state index in [4.69, 9.17) is 9.47 Å². The second-order valence-electron chi connectivity index (χ2n) is 6.81. The molecule has 4 nitrogen and oxygen atoms in total. The van der Waals surface area contributed by atoms with Gasteiger partial charge in [-0.1, -0.05) is 48.5 Å². The van der Waals surface area contributed by atoms with E-state index in [0.717, 1.165) is 22.3 Å². The van der Waals surface area contributed by atoms with E-state index >= 15 is 0 Å². The lowest BCUT2D eigenvalue weighted by atomic mass is 9.66. The standard InChI is InChI=1S/C22H20O4/c1-25-20(23)12-19(21(24)26-2)22-13-15-8-3-5-9-16(15)18(22)11-14-7-4-6-10-17(14)22/h3-11,19H,12-13H2,1-2H3. The molecule has 2 aromatic rings. The summed E-state index contributed by atoms with van der Waals surface area (Å²) in [5.74, 6) is -1.43. The molecule has 0 aliphatic heterocycles. The monoisotopic (exact) mass is 348 g/mol. The van der Waals surface area contributed by atoms with E-state index in [-0.39, 0.29) is 12.4 Å². The molecule has 0 spiro atoms. The third-order valence-electron chi connectivity index (χ3n) is 5.68. The first-order valence-electron chi connectivity index (χ1n) is 8.66. The van der Waals surface area contributed by atoms with Crippen LogP contribution < -0.4 is 0 Å². The summed E-state index contributed by atoms with van der Waals surface area (Å²) in [6.45, 7) is 0. The van der Waals surface area contributed by atoms with Gasteiger partial charge in [-0.25, -0.2) is 0 Å². The zero-order valence-corrected chi connectivity index (χ0v) is 14.8. The van der Waals surface area contributed by atoms with Gasteiger partial charge in [-0.15, -0.1) is 0 Å². The van der Waals surface area contributed by atoms with Gasteiger partial charge in [-0.05, 0) is 40.3 Å². The fraction of sp³-hybridized carbons (Fsp3) is 0.273. The Bertz CT molecular complexity index is 927. The molecule has 4 rings (SSSR count). The highest BCUT2D eigenvalue weighted by Gasteiger charge is 2.55. The van der Waals surface area contributed by atoms with Crippen molar-refractivity contribution < 1.29 is 19.1 Å². The van der Waals surface area contributed by atoms with Crippen molar-refractivity contribution in [1.29, 1.82) is 0 Å². The lowest BCUT2D eigenvalue weighted by Gasteiger charge is -2.35. The molecule has 0 aromatic heterocycles. The number of allylic oxidation sites excluding steroid dienone is 1. The van der Waals surface area contributed by atoms with Crippen LogP contribution in [0.3, 0.4) is 0 Å². The number of benzene rings is 2. The van der Waals surface area contributed by atoms with Gasteiger partial charge in [0.2, 0.25) is 0 Å². The molecule has 0 heterocycles. The Morgan fingerprint density at radius 2 is 1.77 bits per heavy atom. The molecule has 132 valence electrons. The van der Waals surface area contributed by atoms with Crippen LogP contribution in [0.1, 0.15) is 28.7 Å². The van der Waals surface area contributed by atoms with Crippen molar-refractivity contribution in [3.05, 3.63) is 70.8 Å². The lowest BCUT2D eigenvalue weighted by Crippen LogP contribution is -2.41. The van der Waals surface area contributed by atoms with Gasteiger partial charge in [0, 0.05) is 5.41 Å². The molecule has 0 amide bonds. The van der Waals surface area contributed by atoms with Gasteiger partial charge in [0.05, 0.1) is 26.6 Å². The van der Waals surface area contributed by atoms with Gasteiger partial charge >= 0.3 is 11.9 Å². The fourth-order valence-electron chi connectivity index (χ4n) is 4.55. The van der Waals surface area contributed by atoms with Crippen molar-refractivity contribution in [1.82, 2.24) is 0 Å². The second-order valence-corrected chi connectivity index (χ2v) is 6.81. The topological polar surface area (TPSA) is 52.6 Å². The molecule has 4 heteroatoms. The smallest absolute Gasteiger partial charge is 0.310 e. The summed E-state index contributed by atoms with van der Waals surface area (Å²) in [7, 11) is 2.71. The van der Waals surface area contributed by atoms with Crippen molar-refractivity contribution in [3.63, 3.8) is 0 Å². The van der Waals surface area contributed by atoms with Crippen LogP contribution in [-0.2, 0) is 30.9 Å². The SMILES string of the molecule is COC(=O)CC(C(=O)OC)C12Cc3ccccc3C1=Cc1ccccc12. The lowest BCUT2D eigenvalue weighted by molar-refractivity contribution is -0.153. The quantitative estimate of drug-likeness (QED) is 0.795. The van der Waals surface area contributed by atoms with Crippen molar-refractivity contribution in [2.75, 3.05) is 14.2 Å². The van der Waals surface area contributed by atoms with Crippen molar-refractivity contribution >= 4 is 23.6 Å². The van der Waals surface area contributed by atoms with E-state index in [1.54, 1.807) is 0 Å². The maximum atomic E-state index is 12.8. The minimum Gasteiger partial charge on any atom is -0.469 e. The predicted octanol–water partition coefficient (Wildman–Crippen LogP) is 3.39. The number of esters is 2. The minimum atomic E-state index is -0.637. The van der Waals surface area contributed by atoms with Gasteiger partial charge < -0.3 is 9.47 Å². The number of methoxy groups -OCH3 is 2. The summed E-state index contributed by atoms with van der Waals surface area (Å²) in [6.07, 6.45) is 2.81. The van der Waals surface area contributed by atoms with Crippen LogP contribution in [-0.4, -0.2) is 26.2 Å². The Hall–Kier alpha value is -2.88. The van der Waals surface area contributed by atoms with E-state index in [9.17, 15) is 9.59 Å². The van der Waals surface area contributed by atoms with E-state index < -0.39 is 17.3 Å². The summed E-state index contributed by atoms with van der Waals surface area (Å²) in [6, 6.07) is 16.3. The number of carbonyl (C=O) groups excluding carboxylic acids is 2. The zero-order chi connectivity index (χ0) is 18.3. The largest absolute Gasteiger partial charge is 0.469 e. The van der Waals surface area contributed by atoms with Crippen molar-refractivity contribution in [3.8, 4) is 0 Å². The average molecular weight is 348 g/mol. The van der Waals surface area contributed by atoms with Crippen molar-refractivity contribution in [2.24, 2.45) is 5.92 Å². The first kappa shape index (κ1) is 16.6. The Balaban J connectivity index is 1.94. The van der Waals surface area contributed by atoms with Gasteiger partial charge in [0.25, 0.3) is 0 Å². The summed E-state index contributed by atoms with van der Waals surface area (Å²) in [5.41, 5.74) is 4.99. The third-order valence-corrected chi connectivity index (χ3v) is 5.68. The molecule has 2 aromatic carbocycles. The Kier molecular flexibility index (Phi) is 3.91. The van der Waals surface area contributed by atoms with Crippen LogP contribution in [0.2, 0.25) is 0 Å². The molecule has 0 bridgehead atoms. The van der Waals surface area contributed by atoms with Crippen LogP contribution in [0.25, 0.3) is 11.6 Å². The second kappa shape index (κ2) is 6.13. The van der Waals surface area contributed by atoms with Gasteiger partial charge in [0.15, 0.2) is 0 Å². The average Bonchev–Trinajstić information content (AvgIpc) is 3.17. The number of ether oxygens (including phenoxy) is 2. The van der Waals surface area contributed by atoms with E-state index in [1.165, 1.54) is 19.8 Å². The first-order chi connectivity index (χ1) is 12.6. The molecule has 2 aliphatic carbocycles. The highest BCUT2D eigenvalue weighted by molar-refractivity contribution is 6.01. The molecule has 2 unspecified atom stereocenters. The third kappa shape index (κ3) is 2.22. The van der Waals surface area contributed by atoms with E-state index in [2.05, 4.69) is 30.3 Å². The highest BCUT2D eigenvalue weighted by atomic mass is 16.5. The molecule has 2 aliphatic rings. The summed E-state index contributed by atoms with van der Waals surface area (Å²) >= 11 is 0. The molecular formula is C22H20O4. The summed E-state index contributed by atoms with van der Waals surface area (Å²) < 4.78 is 9.99. The van der Waals surface area contributed by atoms with Crippen LogP contribution in [0.4, 0.5) is 0 Å². The molecule has 26 heavy (non-hydrogen) atoms. The molecular weight excluding hydrogens is 328 g/mol. The van der Waals surface area contributed by atoms with Crippen molar-refractivity contribution in [2.45, 2.75) is 18.3 Å². The van der Waals surface area contributed by atoms with E-state index in [0.29, 0.717) is 6.42 Å². The maximum absolute atomic E-state index is 12.8. The molecule has 0 N–H and O–H groups in total. The molecule has 0 fully saturated rings. The number of fused-ring (bicyclic) bond motifs is 5. The van der Waals surface area contributed by atoms with Crippen LogP contribution in [0.5, 0.6) is 0 Å². The number of hydrogen-bond acceptors (Lipinski definition) is 4. The first-order valence-corrected chi connectivity index (χ1v) is 8.66. The fourth-order valence-corrected chi connectivity index (χ4v) is 4.55. The highest BCUT2D eigenvalue weighted by Crippen LogP contribution is 2.59.